The second kappa shape index (κ2) is 3.72. The average molecular weight is 227 g/mol. The number of halogens is 1. The molecule has 1 aromatic carbocycles. The van der Waals surface area contributed by atoms with Crippen molar-refractivity contribution in [3.8, 4) is 0 Å². The van der Waals surface area contributed by atoms with Gasteiger partial charge in [0.2, 0.25) is 0 Å². The summed E-state index contributed by atoms with van der Waals surface area (Å²) < 4.78 is 1.48. The number of nitrogens with zero attached hydrogens (tertiary/aromatic N) is 1. The second-order valence-electron chi connectivity index (χ2n) is 3.55. The summed E-state index contributed by atoms with van der Waals surface area (Å²) in [5, 5.41) is 9.84. The van der Waals surface area contributed by atoms with Crippen LogP contribution in [-0.2, 0) is 6.54 Å². The molecule has 4 nitrogen and oxygen atoms in total. The van der Waals surface area contributed by atoms with E-state index in [1.54, 1.807) is 25.1 Å². The molecule has 1 unspecified atom stereocenters. The van der Waals surface area contributed by atoms with Gasteiger partial charge in [-0.2, -0.15) is 0 Å². The SMILES string of the molecule is CC(O)Cn1c(=O)[nH]c2ccc(Cl)cc21. The number of hydrogen-bond donors (Lipinski definition) is 2. The maximum Gasteiger partial charge on any atom is 0.326 e. The van der Waals surface area contributed by atoms with Crippen molar-refractivity contribution in [1.82, 2.24) is 9.55 Å². The van der Waals surface area contributed by atoms with Gasteiger partial charge in [-0.15, -0.1) is 0 Å². The Morgan fingerprint density at radius 1 is 1.60 bits per heavy atom. The highest BCUT2D eigenvalue weighted by atomic mass is 35.5. The molecule has 0 radical (unpaired) electrons. The van der Waals surface area contributed by atoms with Crippen molar-refractivity contribution in [3.05, 3.63) is 33.7 Å². The third-order valence-electron chi connectivity index (χ3n) is 2.18. The van der Waals surface area contributed by atoms with Gasteiger partial charge in [-0.3, -0.25) is 4.57 Å². The van der Waals surface area contributed by atoms with E-state index in [1.807, 2.05) is 0 Å². The van der Waals surface area contributed by atoms with E-state index in [9.17, 15) is 9.90 Å². The van der Waals surface area contributed by atoms with Crippen LogP contribution >= 0.6 is 11.6 Å². The largest absolute Gasteiger partial charge is 0.392 e. The Balaban J connectivity index is 2.65. The van der Waals surface area contributed by atoms with E-state index in [0.29, 0.717) is 10.5 Å². The standard InChI is InChI=1S/C10H11ClN2O2/c1-6(14)5-13-9-4-7(11)2-3-8(9)12-10(13)15/h2-4,6,14H,5H2,1H3,(H,12,15). The van der Waals surface area contributed by atoms with Crippen LogP contribution < -0.4 is 5.69 Å². The number of fused-ring (bicyclic) bond motifs is 1. The van der Waals surface area contributed by atoms with Gasteiger partial charge < -0.3 is 10.1 Å². The number of benzene rings is 1. The molecule has 2 rings (SSSR count). The van der Waals surface area contributed by atoms with Crippen LogP contribution in [0, 0.1) is 0 Å². The van der Waals surface area contributed by atoms with Gasteiger partial charge in [0.25, 0.3) is 0 Å². The first-order chi connectivity index (χ1) is 7.08. The predicted octanol–water partition coefficient (Wildman–Crippen LogP) is 1.36. The Kier molecular flexibility index (Phi) is 2.54. The molecule has 0 aliphatic heterocycles. The molecule has 0 fully saturated rings. The Bertz CT molecular complexity index is 542. The summed E-state index contributed by atoms with van der Waals surface area (Å²) in [6, 6.07) is 5.17. The molecule has 80 valence electrons. The summed E-state index contributed by atoms with van der Waals surface area (Å²) in [6.45, 7) is 1.90. The molecule has 1 aromatic heterocycles. The van der Waals surface area contributed by atoms with E-state index < -0.39 is 6.10 Å². The van der Waals surface area contributed by atoms with Crippen LogP contribution in [-0.4, -0.2) is 20.8 Å². The van der Waals surface area contributed by atoms with Gasteiger partial charge in [0, 0.05) is 5.02 Å². The molecule has 0 aliphatic rings. The smallest absolute Gasteiger partial charge is 0.326 e. The molecule has 2 N–H and O–H groups in total. The molecule has 15 heavy (non-hydrogen) atoms. The van der Waals surface area contributed by atoms with Gasteiger partial charge in [-0.25, -0.2) is 4.79 Å². The summed E-state index contributed by atoms with van der Waals surface area (Å²) >= 11 is 5.84. The van der Waals surface area contributed by atoms with E-state index in [1.165, 1.54) is 4.57 Å². The Labute approximate surface area is 91.1 Å². The zero-order valence-electron chi connectivity index (χ0n) is 8.20. The van der Waals surface area contributed by atoms with Crippen LogP contribution in [0.2, 0.25) is 5.02 Å². The molecule has 0 aliphatic carbocycles. The molecule has 1 atom stereocenters. The molecule has 0 saturated carbocycles. The summed E-state index contributed by atoms with van der Waals surface area (Å²) in [5.74, 6) is 0. The van der Waals surface area contributed by atoms with Crippen molar-refractivity contribution >= 4 is 22.6 Å². The fourth-order valence-electron chi connectivity index (χ4n) is 1.57. The Hall–Kier alpha value is -1.26. The number of aliphatic hydroxyl groups excluding tert-OH is 1. The fraction of sp³-hybridized carbons (Fsp3) is 0.300. The van der Waals surface area contributed by atoms with Crippen molar-refractivity contribution < 1.29 is 5.11 Å². The van der Waals surface area contributed by atoms with Gasteiger partial charge in [0.15, 0.2) is 0 Å². The maximum absolute atomic E-state index is 11.5. The number of aliphatic hydroxyl groups is 1. The summed E-state index contributed by atoms with van der Waals surface area (Å²) in [6.07, 6.45) is -0.569. The second-order valence-corrected chi connectivity index (χ2v) is 3.99. The monoisotopic (exact) mass is 226 g/mol. The van der Waals surface area contributed by atoms with Crippen LogP contribution in [0.25, 0.3) is 11.0 Å². The highest BCUT2D eigenvalue weighted by molar-refractivity contribution is 6.31. The van der Waals surface area contributed by atoms with E-state index in [-0.39, 0.29) is 12.2 Å². The molecule has 0 bridgehead atoms. The Morgan fingerprint density at radius 2 is 2.33 bits per heavy atom. The normalized spacial score (nSPS) is 13.3. The summed E-state index contributed by atoms with van der Waals surface area (Å²) in [7, 11) is 0. The van der Waals surface area contributed by atoms with Crippen LogP contribution in [0.3, 0.4) is 0 Å². The van der Waals surface area contributed by atoms with E-state index >= 15 is 0 Å². The zero-order chi connectivity index (χ0) is 11.0. The van der Waals surface area contributed by atoms with E-state index in [0.717, 1.165) is 5.52 Å². The molecular formula is C10H11ClN2O2. The molecule has 2 aromatic rings. The molecular weight excluding hydrogens is 216 g/mol. The third-order valence-corrected chi connectivity index (χ3v) is 2.42. The minimum atomic E-state index is -0.569. The lowest BCUT2D eigenvalue weighted by Gasteiger charge is -2.05. The first-order valence-electron chi connectivity index (χ1n) is 4.64. The number of rotatable bonds is 2. The molecule has 1 heterocycles. The summed E-state index contributed by atoms with van der Waals surface area (Å²) in [4.78, 5) is 14.2. The van der Waals surface area contributed by atoms with Gasteiger partial charge in [0.1, 0.15) is 0 Å². The average Bonchev–Trinajstić information content (AvgIpc) is 2.43. The molecule has 5 heteroatoms. The van der Waals surface area contributed by atoms with Crippen molar-refractivity contribution in [2.75, 3.05) is 0 Å². The third kappa shape index (κ3) is 1.91. The fourth-order valence-corrected chi connectivity index (χ4v) is 1.74. The lowest BCUT2D eigenvalue weighted by Crippen LogP contribution is -2.22. The quantitative estimate of drug-likeness (QED) is 0.813. The lowest BCUT2D eigenvalue weighted by molar-refractivity contribution is 0.174. The first-order valence-corrected chi connectivity index (χ1v) is 5.02. The number of hydrogen-bond acceptors (Lipinski definition) is 2. The highest BCUT2D eigenvalue weighted by Crippen LogP contribution is 2.16. The lowest BCUT2D eigenvalue weighted by atomic mass is 10.3. The maximum atomic E-state index is 11.5. The molecule has 0 saturated heterocycles. The first kappa shape index (κ1) is 10.3. The van der Waals surface area contributed by atoms with Gasteiger partial charge in [0.05, 0.1) is 23.7 Å². The predicted molar refractivity (Wildman–Crippen MR) is 59.2 cm³/mol. The van der Waals surface area contributed by atoms with Crippen molar-refractivity contribution in [3.63, 3.8) is 0 Å². The molecule has 0 amide bonds. The number of H-pyrrole nitrogens is 1. The van der Waals surface area contributed by atoms with Crippen LogP contribution in [0.1, 0.15) is 6.92 Å². The van der Waals surface area contributed by atoms with Crippen molar-refractivity contribution in [2.24, 2.45) is 0 Å². The van der Waals surface area contributed by atoms with Crippen molar-refractivity contribution in [2.45, 2.75) is 19.6 Å². The highest BCUT2D eigenvalue weighted by Gasteiger charge is 2.08. The van der Waals surface area contributed by atoms with E-state index in [2.05, 4.69) is 4.98 Å². The van der Waals surface area contributed by atoms with Gasteiger partial charge in [-0.05, 0) is 25.1 Å². The number of imidazole rings is 1. The minimum Gasteiger partial charge on any atom is -0.392 e. The number of nitrogens with one attached hydrogen (secondary N) is 1. The molecule has 0 spiro atoms. The van der Waals surface area contributed by atoms with Crippen molar-refractivity contribution in [1.29, 1.82) is 0 Å². The minimum absolute atomic E-state index is 0.229. The topological polar surface area (TPSA) is 58.0 Å². The number of aromatic amines is 1. The van der Waals surface area contributed by atoms with Crippen LogP contribution in [0.5, 0.6) is 0 Å². The van der Waals surface area contributed by atoms with Gasteiger partial charge >= 0.3 is 5.69 Å². The zero-order valence-corrected chi connectivity index (χ0v) is 8.95. The van der Waals surface area contributed by atoms with Gasteiger partial charge in [-0.1, -0.05) is 11.6 Å². The van der Waals surface area contributed by atoms with E-state index in [4.69, 9.17) is 11.6 Å². The van der Waals surface area contributed by atoms with Crippen LogP contribution in [0.4, 0.5) is 0 Å². The summed E-state index contributed by atoms with van der Waals surface area (Å²) in [5.41, 5.74) is 1.21. The number of aromatic nitrogens is 2. The Morgan fingerprint density at radius 3 is 3.00 bits per heavy atom. The van der Waals surface area contributed by atoms with Crippen LogP contribution in [0.15, 0.2) is 23.0 Å².